The average Bonchev–Trinajstić information content (AvgIpc) is 2.19. The minimum atomic E-state index is 0.794. The Morgan fingerprint density at radius 3 is 2.62 bits per heavy atom. The van der Waals surface area contributed by atoms with E-state index in [1.165, 1.54) is 45.3 Å². The fraction of sp³-hybridized carbons (Fsp3) is 1.00. The van der Waals surface area contributed by atoms with Crippen molar-refractivity contribution >= 4 is 0 Å². The summed E-state index contributed by atoms with van der Waals surface area (Å²) in [7, 11) is 0. The Morgan fingerprint density at radius 1 is 1.15 bits per heavy atom. The van der Waals surface area contributed by atoms with E-state index in [4.69, 9.17) is 0 Å². The van der Waals surface area contributed by atoms with Crippen LogP contribution >= 0.6 is 0 Å². The lowest BCUT2D eigenvalue weighted by molar-refractivity contribution is 0.225. The van der Waals surface area contributed by atoms with Gasteiger partial charge in [0.2, 0.25) is 0 Å². The summed E-state index contributed by atoms with van der Waals surface area (Å²) in [6.07, 6.45) is 5.48. The normalized spacial score (nSPS) is 32.8. The molecule has 0 aromatic rings. The highest BCUT2D eigenvalue weighted by Gasteiger charge is 2.26. The van der Waals surface area contributed by atoms with Gasteiger partial charge in [0.1, 0.15) is 0 Å². The van der Waals surface area contributed by atoms with Crippen LogP contribution in [-0.4, -0.2) is 25.7 Å². The Bertz CT molecular complexity index is 99.3. The van der Waals surface area contributed by atoms with Gasteiger partial charge in [-0.15, -0.1) is 0 Å². The summed E-state index contributed by atoms with van der Waals surface area (Å²) >= 11 is 0. The molecule has 0 spiro atoms. The lowest BCUT2D eigenvalue weighted by atomic mass is 9.86. The highest BCUT2D eigenvalue weighted by Crippen LogP contribution is 2.21. The van der Waals surface area contributed by atoms with Crippen molar-refractivity contribution in [2.75, 3.05) is 19.6 Å². The largest absolute Gasteiger partial charge is 0.315 e. The maximum atomic E-state index is 3.56. The highest BCUT2D eigenvalue weighted by molar-refractivity contribution is 4.86. The monoisotopic (exact) mass is 184 g/mol. The van der Waals surface area contributed by atoms with E-state index in [2.05, 4.69) is 24.5 Å². The molecule has 0 bridgehead atoms. The molecular weight excluding hydrogens is 160 g/mol. The fourth-order valence-electron chi connectivity index (χ4n) is 2.15. The van der Waals surface area contributed by atoms with Gasteiger partial charge in [0.05, 0.1) is 0 Å². The molecule has 0 radical (unpaired) electrons. The first-order valence-electron chi connectivity index (χ1n) is 5.82. The smallest absolute Gasteiger partial charge is 0.0221 e. The zero-order valence-electron chi connectivity index (χ0n) is 9.10. The maximum absolute atomic E-state index is 3.56. The van der Waals surface area contributed by atoms with Crippen molar-refractivity contribution < 1.29 is 0 Å². The van der Waals surface area contributed by atoms with E-state index in [0.717, 1.165) is 12.0 Å². The Kier molecular flexibility index (Phi) is 5.40. The van der Waals surface area contributed by atoms with E-state index < -0.39 is 0 Å². The second kappa shape index (κ2) is 6.39. The van der Waals surface area contributed by atoms with E-state index >= 15 is 0 Å². The summed E-state index contributed by atoms with van der Waals surface area (Å²) in [4.78, 5) is 0. The molecule has 2 heterocycles. The first-order chi connectivity index (χ1) is 6.38. The van der Waals surface area contributed by atoms with Gasteiger partial charge in [-0.3, -0.25) is 0 Å². The third-order valence-corrected chi connectivity index (χ3v) is 2.78. The maximum Gasteiger partial charge on any atom is 0.0221 e. The quantitative estimate of drug-likeness (QED) is 0.599. The third-order valence-electron chi connectivity index (χ3n) is 2.78. The van der Waals surface area contributed by atoms with Crippen molar-refractivity contribution in [2.45, 2.75) is 45.6 Å². The summed E-state index contributed by atoms with van der Waals surface area (Å²) in [6, 6.07) is 0.794. The van der Waals surface area contributed by atoms with Crippen molar-refractivity contribution in [1.29, 1.82) is 0 Å². The van der Waals surface area contributed by atoms with Gasteiger partial charge in [-0.1, -0.05) is 20.3 Å². The van der Waals surface area contributed by atoms with Crippen molar-refractivity contribution in [2.24, 2.45) is 5.92 Å². The van der Waals surface area contributed by atoms with Crippen LogP contribution < -0.4 is 10.6 Å². The molecule has 2 N–H and O–H groups in total. The highest BCUT2D eigenvalue weighted by atomic mass is 15.0. The molecule has 0 aliphatic carbocycles. The van der Waals surface area contributed by atoms with Crippen molar-refractivity contribution in [3.05, 3.63) is 0 Å². The molecule has 2 aliphatic heterocycles. The number of rotatable bonds is 0. The molecular formula is C11H24N2. The summed E-state index contributed by atoms with van der Waals surface area (Å²) in [5.41, 5.74) is 0. The van der Waals surface area contributed by atoms with Gasteiger partial charge >= 0.3 is 0 Å². The summed E-state index contributed by atoms with van der Waals surface area (Å²) in [6.45, 7) is 7.93. The second-order valence-corrected chi connectivity index (χ2v) is 4.16. The number of fused-ring (bicyclic) bond motifs is 1. The van der Waals surface area contributed by atoms with E-state index in [9.17, 15) is 0 Å². The molecule has 2 atom stereocenters. The Labute approximate surface area is 82.5 Å². The minimum Gasteiger partial charge on any atom is -0.315 e. The first kappa shape index (κ1) is 11.0. The summed E-state index contributed by atoms with van der Waals surface area (Å²) in [5.74, 6) is 0.981. The molecule has 0 aromatic heterocycles. The topological polar surface area (TPSA) is 24.1 Å². The van der Waals surface area contributed by atoms with Gasteiger partial charge in [-0.05, 0) is 38.3 Å². The third kappa shape index (κ3) is 3.65. The van der Waals surface area contributed by atoms with E-state index in [-0.39, 0.29) is 0 Å². The van der Waals surface area contributed by atoms with Gasteiger partial charge in [-0.25, -0.2) is 0 Å². The van der Waals surface area contributed by atoms with Gasteiger partial charge < -0.3 is 10.6 Å². The van der Waals surface area contributed by atoms with E-state index in [1.807, 2.05) is 0 Å². The van der Waals surface area contributed by atoms with Gasteiger partial charge in [0.15, 0.2) is 0 Å². The zero-order chi connectivity index (χ0) is 9.52. The van der Waals surface area contributed by atoms with E-state index in [0.29, 0.717) is 0 Å². The Balaban J connectivity index is 0.000000251. The molecule has 2 nitrogen and oxygen atoms in total. The molecule has 13 heavy (non-hydrogen) atoms. The molecule has 0 amide bonds. The number of piperidine rings is 2. The van der Waals surface area contributed by atoms with Crippen LogP contribution in [0.1, 0.15) is 39.5 Å². The van der Waals surface area contributed by atoms with Crippen LogP contribution in [0.2, 0.25) is 0 Å². The molecule has 2 aliphatic rings. The lowest BCUT2D eigenvalue weighted by Crippen LogP contribution is -2.51. The van der Waals surface area contributed by atoms with Crippen LogP contribution in [-0.2, 0) is 0 Å². The molecule has 2 rings (SSSR count). The van der Waals surface area contributed by atoms with Crippen LogP contribution in [0.25, 0.3) is 0 Å². The molecule has 0 saturated carbocycles. The predicted molar refractivity (Wildman–Crippen MR) is 58.0 cm³/mol. The zero-order valence-corrected chi connectivity index (χ0v) is 9.10. The number of hydrogen-bond acceptors (Lipinski definition) is 2. The summed E-state index contributed by atoms with van der Waals surface area (Å²) in [5, 5.41) is 6.98. The number of nitrogens with one attached hydrogen (secondary N) is 2. The number of hydrogen-bond donors (Lipinski definition) is 2. The van der Waals surface area contributed by atoms with Crippen molar-refractivity contribution in [1.82, 2.24) is 10.6 Å². The van der Waals surface area contributed by atoms with Crippen molar-refractivity contribution in [3.63, 3.8) is 0 Å². The van der Waals surface area contributed by atoms with Crippen molar-refractivity contribution in [3.8, 4) is 0 Å². The Hall–Kier alpha value is -0.0800. The van der Waals surface area contributed by atoms with Crippen LogP contribution in [0.15, 0.2) is 0 Å². The molecule has 2 heteroatoms. The van der Waals surface area contributed by atoms with E-state index in [1.54, 1.807) is 0 Å². The fourth-order valence-corrected chi connectivity index (χ4v) is 2.15. The van der Waals surface area contributed by atoms with Gasteiger partial charge in [0, 0.05) is 12.6 Å². The molecule has 2 saturated heterocycles. The summed E-state index contributed by atoms with van der Waals surface area (Å²) < 4.78 is 0. The van der Waals surface area contributed by atoms with Crippen LogP contribution in [0.3, 0.4) is 0 Å². The average molecular weight is 184 g/mol. The van der Waals surface area contributed by atoms with Crippen LogP contribution in [0, 0.1) is 5.92 Å². The molecule has 78 valence electrons. The lowest BCUT2D eigenvalue weighted by Gasteiger charge is -2.36. The predicted octanol–water partition coefficient (Wildman–Crippen LogP) is 1.76. The van der Waals surface area contributed by atoms with Crippen LogP contribution in [0.4, 0.5) is 0 Å². The molecule has 2 unspecified atom stereocenters. The minimum absolute atomic E-state index is 0.794. The second-order valence-electron chi connectivity index (χ2n) is 4.16. The van der Waals surface area contributed by atoms with Gasteiger partial charge in [-0.2, -0.15) is 0 Å². The van der Waals surface area contributed by atoms with Gasteiger partial charge in [0.25, 0.3) is 0 Å². The standard InChI is InChI=1S/C8H16N2.C3H8/c1-2-7-3-5-9-6-8(7)10-4-1;1-3-2/h7-10H,1-6H2;3H2,1-2H3. The van der Waals surface area contributed by atoms with Crippen LogP contribution in [0.5, 0.6) is 0 Å². The molecule has 2 fully saturated rings. The molecule has 0 aromatic carbocycles. The SMILES string of the molecule is C1CNC2CNCCC2C1.CCC. The Morgan fingerprint density at radius 2 is 1.92 bits per heavy atom. The first-order valence-corrected chi connectivity index (χ1v) is 5.82.